The van der Waals surface area contributed by atoms with Crippen molar-refractivity contribution in [2.45, 2.75) is 37.8 Å². The lowest BCUT2D eigenvalue weighted by Crippen LogP contribution is -2.36. The molecule has 0 aliphatic heterocycles. The van der Waals surface area contributed by atoms with Crippen molar-refractivity contribution < 1.29 is 5.11 Å². The van der Waals surface area contributed by atoms with E-state index in [1.807, 2.05) is 24.4 Å². The molecule has 2 atom stereocenters. The van der Waals surface area contributed by atoms with Crippen LogP contribution in [-0.4, -0.2) is 22.2 Å². The lowest BCUT2D eigenvalue weighted by Gasteiger charge is -2.29. The van der Waals surface area contributed by atoms with E-state index in [0.717, 1.165) is 40.3 Å². The van der Waals surface area contributed by atoms with Gasteiger partial charge in [0.1, 0.15) is 0 Å². The number of nitrogens with one attached hydrogen (secondary N) is 1. The van der Waals surface area contributed by atoms with E-state index in [1.165, 1.54) is 6.42 Å². The van der Waals surface area contributed by atoms with Crippen molar-refractivity contribution >= 4 is 32.5 Å². The van der Waals surface area contributed by atoms with E-state index in [4.69, 9.17) is 0 Å². The summed E-state index contributed by atoms with van der Waals surface area (Å²) >= 11 is 3.53. The van der Waals surface area contributed by atoms with E-state index in [2.05, 4.69) is 32.3 Å². The summed E-state index contributed by atoms with van der Waals surface area (Å²) in [7, 11) is 0. The van der Waals surface area contributed by atoms with Gasteiger partial charge in [0, 0.05) is 21.7 Å². The van der Waals surface area contributed by atoms with Gasteiger partial charge in [0.2, 0.25) is 0 Å². The molecule has 1 fully saturated rings. The number of aliphatic hydroxyl groups excluding tert-OH is 1. The van der Waals surface area contributed by atoms with Gasteiger partial charge >= 0.3 is 0 Å². The zero-order chi connectivity index (χ0) is 13.2. The highest BCUT2D eigenvalue weighted by atomic mass is 79.9. The topological polar surface area (TPSA) is 45.1 Å². The number of halogens is 1. The summed E-state index contributed by atoms with van der Waals surface area (Å²) in [5.74, 6) is 0. The largest absolute Gasteiger partial charge is 0.391 e. The monoisotopic (exact) mass is 320 g/mol. The average molecular weight is 321 g/mol. The molecule has 3 rings (SSSR count). The quantitative estimate of drug-likeness (QED) is 0.886. The number of nitrogens with zero attached hydrogens (tertiary/aromatic N) is 1. The first kappa shape index (κ1) is 12.9. The summed E-state index contributed by atoms with van der Waals surface area (Å²) in [4.78, 5) is 4.40. The molecule has 1 aromatic carbocycles. The van der Waals surface area contributed by atoms with Gasteiger partial charge in [-0.1, -0.05) is 25.0 Å². The Morgan fingerprint density at radius 3 is 2.89 bits per heavy atom. The fourth-order valence-electron chi connectivity index (χ4n) is 2.75. The van der Waals surface area contributed by atoms with Crippen LogP contribution in [0.1, 0.15) is 25.7 Å². The van der Waals surface area contributed by atoms with Crippen LogP contribution in [0.25, 0.3) is 10.9 Å². The Morgan fingerprint density at radius 1 is 1.21 bits per heavy atom. The van der Waals surface area contributed by atoms with Crippen LogP contribution in [0.4, 0.5) is 5.69 Å². The van der Waals surface area contributed by atoms with Crippen LogP contribution in [0.15, 0.2) is 34.9 Å². The van der Waals surface area contributed by atoms with Crippen LogP contribution in [0.5, 0.6) is 0 Å². The molecule has 1 aliphatic carbocycles. The SMILES string of the molecule is O[C@H]1CCCC[C@@H]1Nc1ccnc2c(Br)cccc12. The number of aromatic nitrogens is 1. The van der Waals surface area contributed by atoms with Gasteiger partial charge in [-0.3, -0.25) is 4.98 Å². The molecule has 1 heterocycles. The Bertz CT molecular complexity index is 587. The number of aliphatic hydroxyl groups is 1. The molecule has 4 heteroatoms. The summed E-state index contributed by atoms with van der Waals surface area (Å²) in [6.07, 6.45) is 5.79. The molecule has 0 amide bonds. The number of para-hydroxylation sites is 1. The fourth-order valence-corrected chi connectivity index (χ4v) is 3.21. The number of anilines is 1. The Hall–Kier alpha value is -1.13. The second-order valence-corrected chi connectivity index (χ2v) is 5.95. The maximum Gasteiger partial charge on any atom is 0.0864 e. The Morgan fingerprint density at radius 2 is 2.05 bits per heavy atom. The minimum atomic E-state index is -0.246. The van der Waals surface area contributed by atoms with Crippen molar-refractivity contribution in [1.82, 2.24) is 4.98 Å². The number of pyridine rings is 1. The average Bonchev–Trinajstić information content (AvgIpc) is 2.42. The molecule has 0 spiro atoms. The zero-order valence-corrected chi connectivity index (χ0v) is 12.2. The summed E-state index contributed by atoms with van der Waals surface area (Å²) in [5.41, 5.74) is 2.01. The molecule has 3 nitrogen and oxygen atoms in total. The Balaban J connectivity index is 1.94. The highest BCUT2D eigenvalue weighted by molar-refractivity contribution is 9.10. The van der Waals surface area contributed by atoms with E-state index in [1.54, 1.807) is 0 Å². The molecular weight excluding hydrogens is 304 g/mol. The van der Waals surface area contributed by atoms with E-state index >= 15 is 0 Å². The van der Waals surface area contributed by atoms with Crippen molar-refractivity contribution in [3.63, 3.8) is 0 Å². The molecule has 2 N–H and O–H groups in total. The minimum Gasteiger partial charge on any atom is -0.391 e. The maximum absolute atomic E-state index is 10.1. The Labute approximate surface area is 121 Å². The van der Waals surface area contributed by atoms with Gasteiger partial charge in [0.25, 0.3) is 0 Å². The molecule has 1 aromatic heterocycles. The number of hydrogen-bond donors (Lipinski definition) is 2. The third-order valence-corrected chi connectivity index (χ3v) is 4.43. The van der Waals surface area contributed by atoms with Gasteiger partial charge in [-0.2, -0.15) is 0 Å². The van der Waals surface area contributed by atoms with E-state index in [9.17, 15) is 5.11 Å². The number of rotatable bonds is 2. The third kappa shape index (κ3) is 2.60. The van der Waals surface area contributed by atoms with Gasteiger partial charge in [-0.25, -0.2) is 0 Å². The van der Waals surface area contributed by atoms with Crippen molar-refractivity contribution in [1.29, 1.82) is 0 Å². The molecule has 1 saturated carbocycles. The van der Waals surface area contributed by atoms with Crippen molar-refractivity contribution in [2.24, 2.45) is 0 Å². The smallest absolute Gasteiger partial charge is 0.0864 e. The molecule has 0 radical (unpaired) electrons. The maximum atomic E-state index is 10.1. The van der Waals surface area contributed by atoms with Gasteiger partial charge in [0.15, 0.2) is 0 Å². The minimum absolute atomic E-state index is 0.151. The van der Waals surface area contributed by atoms with Crippen LogP contribution in [-0.2, 0) is 0 Å². The molecule has 1 aliphatic rings. The molecular formula is C15H17BrN2O. The van der Waals surface area contributed by atoms with Crippen molar-refractivity contribution in [2.75, 3.05) is 5.32 Å². The van der Waals surface area contributed by atoms with E-state index < -0.39 is 0 Å². The molecule has 0 unspecified atom stereocenters. The van der Waals surface area contributed by atoms with Crippen LogP contribution in [0, 0.1) is 0 Å². The second kappa shape index (κ2) is 5.47. The zero-order valence-electron chi connectivity index (χ0n) is 10.6. The summed E-state index contributed by atoms with van der Waals surface area (Å²) in [6, 6.07) is 8.20. The van der Waals surface area contributed by atoms with Gasteiger partial charge in [0.05, 0.1) is 17.7 Å². The number of benzene rings is 1. The first-order valence-electron chi connectivity index (χ1n) is 6.73. The predicted octanol–water partition coefficient (Wildman–Crippen LogP) is 3.71. The molecule has 0 saturated heterocycles. The van der Waals surface area contributed by atoms with Crippen molar-refractivity contribution in [3.05, 3.63) is 34.9 Å². The first-order valence-corrected chi connectivity index (χ1v) is 7.53. The normalized spacial score (nSPS) is 23.5. The summed E-state index contributed by atoms with van der Waals surface area (Å²) in [6.45, 7) is 0. The van der Waals surface area contributed by atoms with Gasteiger partial charge in [-0.15, -0.1) is 0 Å². The summed E-state index contributed by atoms with van der Waals surface area (Å²) < 4.78 is 0.998. The lowest BCUT2D eigenvalue weighted by molar-refractivity contribution is 0.116. The molecule has 0 bridgehead atoms. The van der Waals surface area contributed by atoms with E-state index in [0.29, 0.717) is 0 Å². The number of fused-ring (bicyclic) bond motifs is 1. The lowest BCUT2D eigenvalue weighted by atomic mass is 9.92. The third-order valence-electron chi connectivity index (χ3n) is 3.79. The van der Waals surface area contributed by atoms with Crippen LogP contribution >= 0.6 is 15.9 Å². The molecule has 19 heavy (non-hydrogen) atoms. The Kier molecular flexibility index (Phi) is 3.71. The first-order chi connectivity index (χ1) is 9.25. The highest BCUT2D eigenvalue weighted by Gasteiger charge is 2.23. The predicted molar refractivity (Wildman–Crippen MR) is 81.3 cm³/mol. The van der Waals surface area contributed by atoms with E-state index in [-0.39, 0.29) is 12.1 Å². The van der Waals surface area contributed by atoms with Crippen LogP contribution in [0.2, 0.25) is 0 Å². The van der Waals surface area contributed by atoms with Crippen LogP contribution < -0.4 is 5.32 Å². The van der Waals surface area contributed by atoms with Crippen LogP contribution in [0.3, 0.4) is 0 Å². The fraction of sp³-hybridized carbons (Fsp3) is 0.400. The molecule has 100 valence electrons. The van der Waals surface area contributed by atoms with Gasteiger partial charge in [-0.05, 0) is 40.9 Å². The van der Waals surface area contributed by atoms with Crippen molar-refractivity contribution in [3.8, 4) is 0 Å². The van der Waals surface area contributed by atoms with Gasteiger partial charge < -0.3 is 10.4 Å². The molecule has 2 aromatic rings. The second-order valence-electron chi connectivity index (χ2n) is 5.10. The summed E-state index contributed by atoms with van der Waals surface area (Å²) in [5, 5.41) is 14.7. The highest BCUT2D eigenvalue weighted by Crippen LogP contribution is 2.29. The standard InChI is InChI=1S/C15H17BrN2O/c16-11-5-3-4-10-12(8-9-17-15(10)11)18-13-6-1-2-7-14(13)19/h3-5,8-9,13-14,19H,1-2,6-7H2,(H,17,18)/t13-,14-/m0/s1. The number of hydrogen-bond acceptors (Lipinski definition) is 3.